The molecule has 2 N–H and O–H groups in total. The average Bonchev–Trinajstić information content (AvgIpc) is 2.53. The summed E-state index contributed by atoms with van der Waals surface area (Å²) in [6, 6.07) is 9.63. The van der Waals surface area contributed by atoms with Crippen molar-refractivity contribution in [3.63, 3.8) is 0 Å². The van der Waals surface area contributed by atoms with Gasteiger partial charge in [0, 0.05) is 25.4 Å². The summed E-state index contributed by atoms with van der Waals surface area (Å²) in [5.74, 6) is 0.261. The van der Waals surface area contributed by atoms with Crippen molar-refractivity contribution in [2.24, 2.45) is 0 Å². The van der Waals surface area contributed by atoms with Crippen molar-refractivity contribution in [1.29, 1.82) is 0 Å². The Balaban J connectivity index is 1.69. The van der Waals surface area contributed by atoms with E-state index in [1.165, 1.54) is 12.1 Å². The molecule has 0 bridgehead atoms. The number of carbonyl (C=O) groups excluding carboxylic acids is 1. The number of halogens is 1. The Morgan fingerprint density at radius 1 is 1.23 bits per heavy atom. The number of amides is 2. The molecular formula is C16H18FN3O2. The zero-order chi connectivity index (χ0) is 15.8. The highest BCUT2D eigenvalue weighted by atomic mass is 19.1. The van der Waals surface area contributed by atoms with Gasteiger partial charge in [-0.3, -0.25) is 0 Å². The molecule has 1 aromatic heterocycles. The van der Waals surface area contributed by atoms with Crippen LogP contribution in [0.1, 0.15) is 11.1 Å². The van der Waals surface area contributed by atoms with Crippen LogP contribution in [-0.2, 0) is 13.0 Å². The highest BCUT2D eigenvalue weighted by molar-refractivity contribution is 5.73. The normalized spacial score (nSPS) is 10.1. The lowest BCUT2D eigenvalue weighted by molar-refractivity contribution is 0.240. The van der Waals surface area contributed by atoms with Crippen LogP contribution >= 0.6 is 0 Å². The van der Waals surface area contributed by atoms with Crippen LogP contribution in [0, 0.1) is 5.82 Å². The Kier molecular flexibility index (Phi) is 5.71. The van der Waals surface area contributed by atoms with E-state index in [2.05, 4.69) is 15.6 Å². The highest BCUT2D eigenvalue weighted by Crippen LogP contribution is 2.06. The number of urea groups is 1. The van der Waals surface area contributed by atoms with Crippen molar-refractivity contribution in [2.45, 2.75) is 13.0 Å². The number of ether oxygens (including phenoxy) is 1. The second kappa shape index (κ2) is 7.97. The molecule has 2 amide bonds. The van der Waals surface area contributed by atoms with Crippen LogP contribution in [0.3, 0.4) is 0 Å². The molecule has 0 aliphatic heterocycles. The number of rotatable bonds is 6. The first-order chi connectivity index (χ1) is 10.7. The minimum absolute atomic E-state index is 0.269. The van der Waals surface area contributed by atoms with E-state index in [1.807, 2.05) is 12.1 Å². The predicted molar refractivity (Wildman–Crippen MR) is 81.1 cm³/mol. The summed E-state index contributed by atoms with van der Waals surface area (Å²) in [6.07, 6.45) is 2.22. The molecule has 0 fully saturated rings. The zero-order valence-corrected chi connectivity index (χ0v) is 12.3. The van der Waals surface area contributed by atoms with Crippen molar-refractivity contribution in [3.05, 3.63) is 59.5 Å². The van der Waals surface area contributed by atoms with Crippen molar-refractivity contribution < 1.29 is 13.9 Å². The maximum absolute atomic E-state index is 13.0. The molecule has 116 valence electrons. The molecule has 0 spiro atoms. The van der Waals surface area contributed by atoms with Crippen LogP contribution in [0.15, 0.2) is 42.6 Å². The van der Waals surface area contributed by atoms with E-state index in [4.69, 9.17) is 4.74 Å². The molecule has 2 rings (SSSR count). The predicted octanol–water partition coefficient (Wildman–Crippen LogP) is 2.27. The Morgan fingerprint density at radius 2 is 2.09 bits per heavy atom. The lowest BCUT2D eigenvalue weighted by Crippen LogP contribution is -2.36. The van der Waals surface area contributed by atoms with Gasteiger partial charge in [0.05, 0.1) is 7.11 Å². The second-order valence-electron chi connectivity index (χ2n) is 4.70. The fourth-order valence-corrected chi connectivity index (χ4v) is 1.89. The quantitative estimate of drug-likeness (QED) is 0.860. The summed E-state index contributed by atoms with van der Waals surface area (Å²) in [7, 11) is 1.55. The van der Waals surface area contributed by atoms with Gasteiger partial charge < -0.3 is 15.4 Å². The van der Waals surface area contributed by atoms with E-state index in [0.29, 0.717) is 25.4 Å². The van der Waals surface area contributed by atoms with Gasteiger partial charge in [-0.15, -0.1) is 0 Å². The maximum Gasteiger partial charge on any atom is 0.315 e. The topological polar surface area (TPSA) is 63.2 Å². The molecule has 0 saturated heterocycles. The van der Waals surface area contributed by atoms with Gasteiger partial charge in [0.1, 0.15) is 5.82 Å². The first-order valence-corrected chi connectivity index (χ1v) is 6.92. The third-order valence-corrected chi connectivity index (χ3v) is 3.05. The molecule has 0 radical (unpaired) electrons. The van der Waals surface area contributed by atoms with Gasteiger partial charge >= 0.3 is 6.03 Å². The lowest BCUT2D eigenvalue weighted by Gasteiger charge is -2.08. The summed E-state index contributed by atoms with van der Waals surface area (Å²) in [5.41, 5.74) is 1.72. The maximum atomic E-state index is 13.0. The molecule has 0 saturated carbocycles. The summed E-state index contributed by atoms with van der Waals surface area (Å²) < 4.78 is 18.0. The lowest BCUT2D eigenvalue weighted by atomic mass is 10.1. The first kappa shape index (κ1) is 15.8. The molecule has 0 atom stereocenters. The number of aromatic nitrogens is 1. The summed E-state index contributed by atoms with van der Waals surface area (Å²) >= 11 is 0. The van der Waals surface area contributed by atoms with Crippen LogP contribution in [0.4, 0.5) is 9.18 Å². The van der Waals surface area contributed by atoms with Gasteiger partial charge in [0.15, 0.2) is 0 Å². The van der Waals surface area contributed by atoms with Crippen LogP contribution in [0.2, 0.25) is 0 Å². The largest absolute Gasteiger partial charge is 0.481 e. The molecule has 2 aromatic rings. The van der Waals surface area contributed by atoms with Gasteiger partial charge in [0.25, 0.3) is 0 Å². The summed E-state index contributed by atoms with van der Waals surface area (Å²) in [4.78, 5) is 15.7. The fourth-order valence-electron chi connectivity index (χ4n) is 1.89. The van der Waals surface area contributed by atoms with E-state index in [9.17, 15) is 9.18 Å². The SMILES string of the molecule is COc1ccc(CNC(=O)NCCc2cccc(F)c2)cn1. The molecular weight excluding hydrogens is 285 g/mol. The van der Waals surface area contributed by atoms with Gasteiger partial charge in [-0.25, -0.2) is 14.2 Å². The van der Waals surface area contributed by atoms with Gasteiger partial charge in [-0.1, -0.05) is 18.2 Å². The Hall–Kier alpha value is -2.63. The zero-order valence-electron chi connectivity index (χ0n) is 12.3. The average molecular weight is 303 g/mol. The van der Waals surface area contributed by atoms with Crippen molar-refractivity contribution >= 4 is 6.03 Å². The van der Waals surface area contributed by atoms with E-state index in [1.54, 1.807) is 25.4 Å². The smallest absolute Gasteiger partial charge is 0.315 e. The molecule has 0 aliphatic carbocycles. The molecule has 5 nitrogen and oxygen atoms in total. The first-order valence-electron chi connectivity index (χ1n) is 6.92. The van der Waals surface area contributed by atoms with Crippen molar-refractivity contribution in [3.8, 4) is 5.88 Å². The van der Waals surface area contributed by atoms with E-state index < -0.39 is 0 Å². The van der Waals surface area contributed by atoms with Crippen LogP contribution < -0.4 is 15.4 Å². The monoisotopic (exact) mass is 303 g/mol. The minimum atomic E-state index is -0.271. The Bertz CT molecular complexity index is 617. The van der Waals surface area contributed by atoms with Gasteiger partial charge in [-0.05, 0) is 29.7 Å². The van der Waals surface area contributed by atoms with Gasteiger partial charge in [-0.2, -0.15) is 0 Å². The molecule has 1 heterocycles. The molecule has 6 heteroatoms. The number of carbonyl (C=O) groups is 1. The van der Waals surface area contributed by atoms with Crippen molar-refractivity contribution in [1.82, 2.24) is 15.6 Å². The van der Waals surface area contributed by atoms with Gasteiger partial charge in [0.2, 0.25) is 5.88 Å². The van der Waals surface area contributed by atoms with Crippen LogP contribution in [0.5, 0.6) is 5.88 Å². The number of nitrogens with zero attached hydrogens (tertiary/aromatic N) is 1. The summed E-state index contributed by atoms with van der Waals surface area (Å²) in [5, 5.41) is 5.45. The minimum Gasteiger partial charge on any atom is -0.481 e. The number of hydrogen-bond donors (Lipinski definition) is 2. The van der Waals surface area contributed by atoms with E-state index in [-0.39, 0.29) is 11.8 Å². The standard InChI is InChI=1S/C16H18FN3O2/c1-22-15-6-5-13(10-19-15)11-20-16(21)18-8-7-12-3-2-4-14(17)9-12/h2-6,9-10H,7-8,11H2,1H3,(H2,18,20,21). The Morgan fingerprint density at radius 3 is 2.77 bits per heavy atom. The number of hydrogen-bond acceptors (Lipinski definition) is 3. The van der Waals surface area contributed by atoms with E-state index in [0.717, 1.165) is 11.1 Å². The number of nitrogens with one attached hydrogen (secondary N) is 2. The number of benzene rings is 1. The molecule has 0 aliphatic rings. The van der Waals surface area contributed by atoms with Crippen LogP contribution in [0.25, 0.3) is 0 Å². The van der Waals surface area contributed by atoms with E-state index >= 15 is 0 Å². The van der Waals surface area contributed by atoms with Crippen molar-refractivity contribution in [2.75, 3.05) is 13.7 Å². The highest BCUT2D eigenvalue weighted by Gasteiger charge is 2.02. The van der Waals surface area contributed by atoms with Crippen LogP contribution in [-0.4, -0.2) is 24.7 Å². The number of methoxy groups -OCH3 is 1. The molecule has 22 heavy (non-hydrogen) atoms. The second-order valence-corrected chi connectivity index (χ2v) is 4.70. The fraction of sp³-hybridized carbons (Fsp3) is 0.250. The molecule has 0 unspecified atom stereocenters. The Labute approximate surface area is 128 Å². The number of pyridine rings is 1. The summed E-state index contributed by atoms with van der Waals surface area (Å²) in [6.45, 7) is 0.818. The third kappa shape index (κ3) is 5.05. The third-order valence-electron chi connectivity index (χ3n) is 3.05. The molecule has 1 aromatic carbocycles.